The van der Waals surface area contributed by atoms with Gasteiger partial charge < -0.3 is 19.7 Å². The molecule has 2 heterocycles. The van der Waals surface area contributed by atoms with E-state index in [2.05, 4.69) is 50.0 Å². The van der Waals surface area contributed by atoms with Gasteiger partial charge in [0.05, 0.1) is 0 Å². The Balaban J connectivity index is 1.91. The van der Waals surface area contributed by atoms with Crippen LogP contribution in [0.2, 0.25) is 0 Å². The molecule has 0 radical (unpaired) electrons. The van der Waals surface area contributed by atoms with Gasteiger partial charge in [-0.05, 0) is 31.4 Å². The van der Waals surface area contributed by atoms with Gasteiger partial charge in [0.15, 0.2) is 11.5 Å². The van der Waals surface area contributed by atoms with E-state index in [4.69, 9.17) is 9.47 Å². The summed E-state index contributed by atoms with van der Waals surface area (Å²) >= 11 is 0. The maximum Gasteiger partial charge on any atom is 0.231 e. The second-order valence-electron chi connectivity index (χ2n) is 6.77. The molecular weight excluding hydrogens is 264 g/mol. The lowest BCUT2D eigenvalue weighted by molar-refractivity contribution is 0.174. The van der Waals surface area contributed by atoms with E-state index >= 15 is 0 Å². The van der Waals surface area contributed by atoms with Gasteiger partial charge in [0.25, 0.3) is 0 Å². The van der Waals surface area contributed by atoms with Crippen LogP contribution < -0.4 is 19.7 Å². The lowest BCUT2D eigenvalue weighted by atomic mass is 9.89. The van der Waals surface area contributed by atoms with E-state index in [0.29, 0.717) is 18.8 Å². The van der Waals surface area contributed by atoms with Crippen LogP contribution >= 0.6 is 0 Å². The number of hydrogen-bond donors (Lipinski definition) is 1. The Hall–Kier alpha value is -1.42. The number of rotatable bonds is 3. The van der Waals surface area contributed by atoms with Crippen LogP contribution in [0.5, 0.6) is 11.5 Å². The molecule has 2 aliphatic rings. The molecule has 0 amide bonds. The average Bonchev–Trinajstić information content (AvgIpc) is 2.94. The molecule has 21 heavy (non-hydrogen) atoms. The van der Waals surface area contributed by atoms with Gasteiger partial charge in [-0.15, -0.1) is 0 Å². The largest absolute Gasteiger partial charge is 0.454 e. The summed E-state index contributed by atoms with van der Waals surface area (Å²) in [4.78, 5) is 2.53. The molecule has 1 aromatic carbocycles. The van der Waals surface area contributed by atoms with Crippen LogP contribution in [-0.4, -0.2) is 31.5 Å². The van der Waals surface area contributed by atoms with Crippen molar-refractivity contribution >= 4 is 5.69 Å². The van der Waals surface area contributed by atoms with Crippen molar-refractivity contribution in [3.8, 4) is 11.5 Å². The zero-order valence-corrected chi connectivity index (χ0v) is 13.5. The Bertz CT molecular complexity index is 518. The highest BCUT2D eigenvalue weighted by Crippen LogP contribution is 2.37. The number of nitrogens with zero attached hydrogens (tertiary/aromatic N) is 1. The quantitative estimate of drug-likeness (QED) is 0.928. The van der Waals surface area contributed by atoms with Crippen LogP contribution in [0.1, 0.15) is 34.1 Å². The highest BCUT2D eigenvalue weighted by atomic mass is 16.7. The smallest absolute Gasteiger partial charge is 0.231 e. The van der Waals surface area contributed by atoms with Crippen molar-refractivity contribution in [1.29, 1.82) is 0 Å². The number of benzene rings is 1. The summed E-state index contributed by atoms with van der Waals surface area (Å²) in [5.41, 5.74) is 1.40. The third-order valence-corrected chi connectivity index (χ3v) is 4.90. The lowest BCUT2D eigenvalue weighted by Crippen LogP contribution is -2.64. The summed E-state index contributed by atoms with van der Waals surface area (Å²) in [6.45, 7) is 11.5. The fourth-order valence-corrected chi connectivity index (χ4v) is 3.19. The maximum atomic E-state index is 5.54. The Kier molecular flexibility index (Phi) is 3.74. The Morgan fingerprint density at radius 3 is 2.81 bits per heavy atom. The monoisotopic (exact) mass is 290 g/mol. The van der Waals surface area contributed by atoms with Crippen molar-refractivity contribution in [2.24, 2.45) is 5.92 Å². The lowest BCUT2D eigenvalue weighted by Gasteiger charge is -2.48. The van der Waals surface area contributed by atoms with Gasteiger partial charge in [0.1, 0.15) is 0 Å². The summed E-state index contributed by atoms with van der Waals surface area (Å²) in [5, 5.41) is 3.73. The number of anilines is 1. The standard InChI is InChI=1S/C17H26N2O2/c1-5-17(4)10-19(14(9-18-17)12(2)3)13-6-7-15-16(8-13)21-11-20-15/h6-8,12,14,18H,5,9-11H2,1-4H3. The molecule has 1 fully saturated rings. The third kappa shape index (κ3) is 2.69. The summed E-state index contributed by atoms with van der Waals surface area (Å²) in [6, 6.07) is 6.81. The first-order valence-corrected chi connectivity index (χ1v) is 7.94. The fraction of sp³-hybridized carbons (Fsp3) is 0.647. The van der Waals surface area contributed by atoms with Gasteiger partial charge in [-0.25, -0.2) is 0 Å². The average molecular weight is 290 g/mol. The van der Waals surface area contributed by atoms with E-state index in [1.807, 2.05) is 6.07 Å². The molecule has 0 saturated carbocycles. The SMILES string of the molecule is CCC1(C)CN(c2ccc3c(c2)OCO3)C(C(C)C)CN1. The first kappa shape index (κ1) is 14.5. The molecule has 0 aromatic heterocycles. The van der Waals surface area contributed by atoms with Gasteiger partial charge in [-0.3, -0.25) is 0 Å². The molecule has 0 bridgehead atoms. The number of ether oxygens (including phenoxy) is 2. The minimum Gasteiger partial charge on any atom is -0.454 e. The molecule has 4 nitrogen and oxygen atoms in total. The summed E-state index contributed by atoms with van der Waals surface area (Å²) in [6.07, 6.45) is 1.12. The van der Waals surface area contributed by atoms with Crippen molar-refractivity contribution in [3.63, 3.8) is 0 Å². The molecule has 1 aromatic rings. The number of fused-ring (bicyclic) bond motifs is 1. The van der Waals surface area contributed by atoms with Crippen molar-refractivity contribution in [1.82, 2.24) is 5.32 Å². The summed E-state index contributed by atoms with van der Waals surface area (Å²) in [7, 11) is 0. The zero-order valence-electron chi connectivity index (χ0n) is 13.5. The summed E-state index contributed by atoms with van der Waals surface area (Å²) < 4.78 is 11.0. The van der Waals surface area contributed by atoms with Crippen LogP contribution in [0.3, 0.4) is 0 Å². The Labute approximate surface area is 127 Å². The fourth-order valence-electron chi connectivity index (χ4n) is 3.19. The topological polar surface area (TPSA) is 33.7 Å². The van der Waals surface area contributed by atoms with Gasteiger partial charge in [-0.1, -0.05) is 20.8 Å². The number of nitrogens with one attached hydrogen (secondary N) is 1. The molecule has 116 valence electrons. The van der Waals surface area contributed by atoms with Gasteiger partial charge in [0.2, 0.25) is 6.79 Å². The molecule has 1 N–H and O–H groups in total. The molecule has 2 aliphatic heterocycles. The highest BCUT2D eigenvalue weighted by molar-refractivity contribution is 5.58. The van der Waals surface area contributed by atoms with Gasteiger partial charge >= 0.3 is 0 Å². The second kappa shape index (κ2) is 5.41. The number of piperazine rings is 1. The van der Waals surface area contributed by atoms with E-state index in [-0.39, 0.29) is 5.54 Å². The predicted molar refractivity (Wildman–Crippen MR) is 85.2 cm³/mol. The minimum atomic E-state index is 0.168. The van der Waals surface area contributed by atoms with E-state index < -0.39 is 0 Å². The van der Waals surface area contributed by atoms with Crippen LogP contribution in [0.4, 0.5) is 5.69 Å². The molecule has 0 aliphatic carbocycles. The van der Waals surface area contributed by atoms with Crippen LogP contribution in [0, 0.1) is 5.92 Å². The van der Waals surface area contributed by atoms with Crippen LogP contribution in [0.15, 0.2) is 18.2 Å². The second-order valence-corrected chi connectivity index (χ2v) is 6.77. The Morgan fingerprint density at radius 1 is 1.33 bits per heavy atom. The van der Waals surface area contributed by atoms with Crippen molar-refractivity contribution in [3.05, 3.63) is 18.2 Å². The van der Waals surface area contributed by atoms with E-state index in [0.717, 1.165) is 31.0 Å². The minimum absolute atomic E-state index is 0.168. The Morgan fingerprint density at radius 2 is 2.10 bits per heavy atom. The normalized spacial score (nSPS) is 28.2. The third-order valence-electron chi connectivity index (χ3n) is 4.90. The van der Waals surface area contributed by atoms with Crippen molar-refractivity contribution in [2.45, 2.75) is 45.7 Å². The van der Waals surface area contributed by atoms with Crippen LogP contribution in [0.25, 0.3) is 0 Å². The van der Waals surface area contributed by atoms with Gasteiger partial charge in [-0.2, -0.15) is 0 Å². The van der Waals surface area contributed by atoms with Crippen molar-refractivity contribution < 1.29 is 9.47 Å². The molecule has 4 heteroatoms. The van der Waals surface area contributed by atoms with Crippen LogP contribution in [-0.2, 0) is 0 Å². The highest BCUT2D eigenvalue weighted by Gasteiger charge is 2.36. The maximum absolute atomic E-state index is 5.54. The zero-order chi connectivity index (χ0) is 15.0. The summed E-state index contributed by atoms with van der Waals surface area (Å²) in [5.74, 6) is 2.32. The first-order valence-electron chi connectivity index (χ1n) is 7.94. The van der Waals surface area contributed by atoms with E-state index in [1.54, 1.807) is 0 Å². The molecule has 2 atom stereocenters. The molecule has 3 rings (SSSR count). The molecule has 0 spiro atoms. The number of hydrogen-bond acceptors (Lipinski definition) is 4. The first-order chi connectivity index (χ1) is 10.0. The van der Waals surface area contributed by atoms with E-state index in [1.165, 1.54) is 5.69 Å². The predicted octanol–water partition coefficient (Wildman–Crippen LogP) is 3.02. The molecular formula is C17H26N2O2. The molecule has 1 saturated heterocycles. The molecule has 2 unspecified atom stereocenters. The van der Waals surface area contributed by atoms with Gasteiger partial charge in [0, 0.05) is 36.4 Å². The van der Waals surface area contributed by atoms with Crippen molar-refractivity contribution in [2.75, 3.05) is 24.8 Å². The van der Waals surface area contributed by atoms with E-state index in [9.17, 15) is 0 Å².